The Balaban J connectivity index is 1.84. The van der Waals surface area contributed by atoms with Crippen LogP contribution in [0.25, 0.3) is 0 Å². The monoisotopic (exact) mass is 245 g/mol. The Labute approximate surface area is 99.6 Å². The minimum atomic E-state index is 0.327. The van der Waals surface area contributed by atoms with E-state index in [0.29, 0.717) is 11.5 Å². The third kappa shape index (κ3) is 2.72. The molecule has 15 heavy (non-hydrogen) atoms. The van der Waals surface area contributed by atoms with Gasteiger partial charge in [-0.05, 0) is 23.9 Å². The third-order valence-electron chi connectivity index (χ3n) is 2.82. The van der Waals surface area contributed by atoms with Crippen molar-refractivity contribution in [1.29, 1.82) is 0 Å². The summed E-state index contributed by atoms with van der Waals surface area (Å²) in [7, 11) is 0. The van der Waals surface area contributed by atoms with Crippen LogP contribution in [0, 0.1) is 5.41 Å². The standard InChI is InChI=1S/C11H16ClNOS/c1-8(9-3-10(12)15-4-9)13-5-11(2)6-14-7-11/h3-4,8,13H,5-7H2,1-2H3. The van der Waals surface area contributed by atoms with Crippen LogP contribution in [-0.4, -0.2) is 19.8 Å². The van der Waals surface area contributed by atoms with Crippen LogP contribution < -0.4 is 5.32 Å². The lowest BCUT2D eigenvalue weighted by Crippen LogP contribution is -2.47. The van der Waals surface area contributed by atoms with Gasteiger partial charge in [0.25, 0.3) is 0 Å². The largest absolute Gasteiger partial charge is 0.380 e. The number of hydrogen-bond donors (Lipinski definition) is 1. The molecule has 0 spiro atoms. The van der Waals surface area contributed by atoms with E-state index in [0.717, 1.165) is 24.1 Å². The predicted molar refractivity (Wildman–Crippen MR) is 64.7 cm³/mol. The van der Waals surface area contributed by atoms with Crippen molar-refractivity contribution in [3.05, 3.63) is 21.3 Å². The van der Waals surface area contributed by atoms with Crippen LogP contribution in [0.15, 0.2) is 11.4 Å². The Kier molecular flexibility index (Phi) is 3.36. The zero-order valence-electron chi connectivity index (χ0n) is 9.05. The maximum Gasteiger partial charge on any atom is 0.0931 e. The summed E-state index contributed by atoms with van der Waals surface area (Å²) in [5.41, 5.74) is 1.60. The van der Waals surface area contributed by atoms with E-state index >= 15 is 0 Å². The highest BCUT2D eigenvalue weighted by Gasteiger charge is 2.33. The number of ether oxygens (including phenoxy) is 1. The zero-order valence-corrected chi connectivity index (χ0v) is 10.6. The van der Waals surface area contributed by atoms with E-state index in [4.69, 9.17) is 16.3 Å². The first kappa shape index (κ1) is 11.4. The molecule has 2 nitrogen and oxygen atoms in total. The average molecular weight is 246 g/mol. The fourth-order valence-electron chi connectivity index (χ4n) is 1.62. The molecule has 84 valence electrons. The molecule has 0 bridgehead atoms. The van der Waals surface area contributed by atoms with Crippen molar-refractivity contribution in [2.45, 2.75) is 19.9 Å². The normalized spacial score (nSPS) is 21.0. The summed E-state index contributed by atoms with van der Waals surface area (Å²) in [5, 5.41) is 5.63. The van der Waals surface area contributed by atoms with Crippen LogP contribution in [0.2, 0.25) is 4.34 Å². The molecule has 1 saturated heterocycles. The van der Waals surface area contributed by atoms with E-state index in [9.17, 15) is 0 Å². The Bertz CT molecular complexity index is 335. The summed E-state index contributed by atoms with van der Waals surface area (Å²) in [6.07, 6.45) is 0. The first-order valence-corrected chi connectivity index (χ1v) is 6.40. The highest BCUT2D eigenvalue weighted by atomic mass is 35.5. The first-order chi connectivity index (χ1) is 7.09. The maximum absolute atomic E-state index is 5.90. The van der Waals surface area contributed by atoms with Crippen molar-refractivity contribution >= 4 is 22.9 Å². The average Bonchev–Trinajstić information content (AvgIpc) is 2.58. The van der Waals surface area contributed by atoms with E-state index < -0.39 is 0 Å². The van der Waals surface area contributed by atoms with E-state index in [-0.39, 0.29) is 0 Å². The lowest BCUT2D eigenvalue weighted by molar-refractivity contribution is -0.0999. The van der Waals surface area contributed by atoms with Crippen LogP contribution in [0.1, 0.15) is 25.5 Å². The topological polar surface area (TPSA) is 21.3 Å². The van der Waals surface area contributed by atoms with Gasteiger partial charge in [-0.15, -0.1) is 11.3 Å². The zero-order chi connectivity index (χ0) is 10.9. The molecule has 1 fully saturated rings. The number of rotatable bonds is 4. The quantitative estimate of drug-likeness (QED) is 0.880. The highest BCUT2D eigenvalue weighted by Crippen LogP contribution is 2.28. The number of thiophene rings is 1. The van der Waals surface area contributed by atoms with Gasteiger partial charge in [0.15, 0.2) is 0 Å². The van der Waals surface area contributed by atoms with Gasteiger partial charge in [0, 0.05) is 18.0 Å². The summed E-state index contributed by atoms with van der Waals surface area (Å²) in [6.45, 7) is 7.16. The van der Waals surface area contributed by atoms with Gasteiger partial charge in [0.1, 0.15) is 0 Å². The van der Waals surface area contributed by atoms with Crippen LogP contribution in [0.3, 0.4) is 0 Å². The molecule has 0 aliphatic carbocycles. The van der Waals surface area contributed by atoms with Gasteiger partial charge < -0.3 is 10.1 Å². The third-order valence-corrected chi connectivity index (χ3v) is 3.93. The van der Waals surface area contributed by atoms with E-state index in [2.05, 4.69) is 24.5 Å². The smallest absolute Gasteiger partial charge is 0.0931 e. The Morgan fingerprint density at radius 3 is 2.87 bits per heavy atom. The predicted octanol–water partition coefficient (Wildman–Crippen LogP) is 3.09. The van der Waals surface area contributed by atoms with E-state index in [1.165, 1.54) is 5.56 Å². The van der Waals surface area contributed by atoms with Crippen molar-refractivity contribution in [3.8, 4) is 0 Å². The first-order valence-electron chi connectivity index (χ1n) is 5.14. The second-order valence-electron chi connectivity index (χ2n) is 4.59. The molecule has 0 amide bonds. The van der Waals surface area contributed by atoms with Crippen LogP contribution in [-0.2, 0) is 4.74 Å². The summed E-state index contributed by atoms with van der Waals surface area (Å²) >= 11 is 7.49. The van der Waals surface area contributed by atoms with Crippen LogP contribution in [0.5, 0.6) is 0 Å². The van der Waals surface area contributed by atoms with Gasteiger partial charge in [0.05, 0.1) is 17.6 Å². The molecule has 1 atom stereocenters. The Morgan fingerprint density at radius 1 is 1.67 bits per heavy atom. The van der Waals surface area contributed by atoms with Crippen molar-refractivity contribution in [2.75, 3.05) is 19.8 Å². The molecule has 4 heteroatoms. The SMILES string of the molecule is CC(NCC1(C)COC1)c1csc(Cl)c1. The van der Waals surface area contributed by atoms with Gasteiger partial charge >= 0.3 is 0 Å². The summed E-state index contributed by atoms with van der Waals surface area (Å²) in [4.78, 5) is 0. The summed E-state index contributed by atoms with van der Waals surface area (Å²) in [6, 6.07) is 2.40. The molecule has 1 N–H and O–H groups in total. The van der Waals surface area contributed by atoms with E-state index in [1.807, 2.05) is 6.07 Å². The summed E-state index contributed by atoms with van der Waals surface area (Å²) in [5.74, 6) is 0. The van der Waals surface area contributed by atoms with Crippen molar-refractivity contribution < 1.29 is 4.74 Å². The maximum atomic E-state index is 5.90. The second kappa shape index (κ2) is 4.42. The molecule has 2 rings (SSSR count). The molecule has 0 radical (unpaired) electrons. The minimum Gasteiger partial charge on any atom is -0.380 e. The van der Waals surface area contributed by atoms with Gasteiger partial charge in [-0.1, -0.05) is 18.5 Å². The molecule has 2 heterocycles. The minimum absolute atomic E-state index is 0.327. The molecule has 1 unspecified atom stereocenters. The molecular weight excluding hydrogens is 230 g/mol. The van der Waals surface area contributed by atoms with E-state index in [1.54, 1.807) is 11.3 Å². The molecule has 1 aromatic rings. The number of nitrogens with one attached hydrogen (secondary N) is 1. The van der Waals surface area contributed by atoms with Crippen molar-refractivity contribution in [1.82, 2.24) is 5.32 Å². The van der Waals surface area contributed by atoms with Crippen LogP contribution in [0.4, 0.5) is 0 Å². The Morgan fingerprint density at radius 2 is 2.40 bits per heavy atom. The summed E-state index contributed by atoms with van der Waals surface area (Å²) < 4.78 is 6.08. The van der Waals surface area contributed by atoms with Crippen molar-refractivity contribution in [2.24, 2.45) is 5.41 Å². The lowest BCUT2D eigenvalue weighted by atomic mass is 9.88. The second-order valence-corrected chi connectivity index (χ2v) is 6.13. The van der Waals surface area contributed by atoms with Gasteiger partial charge in [0.2, 0.25) is 0 Å². The van der Waals surface area contributed by atoms with Gasteiger partial charge in [-0.2, -0.15) is 0 Å². The molecule has 1 aliphatic rings. The van der Waals surface area contributed by atoms with Crippen molar-refractivity contribution in [3.63, 3.8) is 0 Å². The molecule has 0 saturated carbocycles. The molecule has 1 aromatic heterocycles. The fourth-order valence-corrected chi connectivity index (χ4v) is 2.60. The van der Waals surface area contributed by atoms with Gasteiger partial charge in [-0.3, -0.25) is 0 Å². The van der Waals surface area contributed by atoms with Crippen LogP contribution >= 0.6 is 22.9 Å². The Hall–Kier alpha value is -0.0900. The fraction of sp³-hybridized carbons (Fsp3) is 0.636. The number of halogens is 1. The van der Waals surface area contributed by atoms with Gasteiger partial charge in [-0.25, -0.2) is 0 Å². The molecule has 1 aliphatic heterocycles. The molecular formula is C11H16ClNOS. The lowest BCUT2D eigenvalue weighted by Gasteiger charge is -2.39. The highest BCUT2D eigenvalue weighted by molar-refractivity contribution is 7.14. The number of hydrogen-bond acceptors (Lipinski definition) is 3. The molecule has 0 aromatic carbocycles.